The second-order valence-electron chi connectivity index (χ2n) is 3.82. The third-order valence-electron chi connectivity index (χ3n) is 2.53. The molecule has 0 spiro atoms. The van der Waals surface area contributed by atoms with Crippen molar-refractivity contribution in [3.63, 3.8) is 0 Å². The van der Waals surface area contributed by atoms with Crippen LogP contribution >= 0.6 is 23.2 Å². The number of alkyl halides is 2. The molecule has 0 aromatic heterocycles. The molecule has 0 saturated heterocycles. The normalized spacial score (nSPS) is 11.7. The summed E-state index contributed by atoms with van der Waals surface area (Å²) in [5, 5.41) is 0. The molecule has 2 aromatic carbocycles. The van der Waals surface area contributed by atoms with Gasteiger partial charge in [-0.1, -0.05) is 23.2 Å². The Hall–Kier alpha value is -1.26. The molecular weight excluding hydrogens is 303 g/mol. The highest BCUT2D eigenvalue weighted by Crippen LogP contribution is 2.43. The van der Waals surface area contributed by atoms with Crippen LogP contribution in [0.1, 0.15) is 11.1 Å². The smallest absolute Gasteiger partial charge is 0.173 e. The quantitative estimate of drug-likeness (QED) is 0.545. The first-order valence-electron chi connectivity index (χ1n) is 5.11. The highest BCUT2D eigenvalue weighted by atomic mass is 35.5. The lowest BCUT2D eigenvalue weighted by atomic mass is 10.0. The summed E-state index contributed by atoms with van der Waals surface area (Å²) in [6.07, 6.45) is 0. The topological polar surface area (TPSA) is 0 Å². The fraction of sp³-hybridized carbons (Fsp3) is 0.0769. The molecule has 0 aliphatic rings. The largest absolute Gasteiger partial charge is 0.207 e. The molecule has 2 aromatic rings. The molecule has 0 unspecified atom stereocenters. The second kappa shape index (κ2) is 5.02. The van der Waals surface area contributed by atoms with Crippen molar-refractivity contribution in [1.29, 1.82) is 0 Å². The van der Waals surface area contributed by atoms with Gasteiger partial charge in [0, 0.05) is 11.1 Å². The third kappa shape index (κ3) is 2.69. The molecule has 0 N–H and O–H groups in total. The zero-order chi connectivity index (χ0) is 14.2. The second-order valence-corrected chi connectivity index (χ2v) is 5.15. The van der Waals surface area contributed by atoms with Crippen LogP contribution in [-0.2, 0) is 4.33 Å². The summed E-state index contributed by atoms with van der Waals surface area (Å²) < 4.78 is 51.3. The fourth-order valence-electron chi connectivity index (χ4n) is 1.62. The van der Waals surface area contributed by atoms with Gasteiger partial charge in [-0.3, -0.25) is 0 Å². The van der Waals surface area contributed by atoms with Gasteiger partial charge < -0.3 is 0 Å². The molecule has 2 rings (SSSR count). The van der Waals surface area contributed by atoms with E-state index in [2.05, 4.69) is 0 Å². The van der Waals surface area contributed by atoms with Crippen molar-refractivity contribution in [2.75, 3.05) is 0 Å². The van der Waals surface area contributed by atoms with Crippen LogP contribution in [0.5, 0.6) is 0 Å². The van der Waals surface area contributed by atoms with E-state index in [9.17, 15) is 17.6 Å². The van der Waals surface area contributed by atoms with E-state index in [-0.39, 0.29) is 0 Å². The predicted octanol–water partition coefficient (Wildman–Crippen LogP) is 4.92. The van der Waals surface area contributed by atoms with E-state index in [1.807, 2.05) is 0 Å². The lowest BCUT2D eigenvalue weighted by Crippen LogP contribution is -2.17. The molecule has 0 aliphatic carbocycles. The fourth-order valence-corrected chi connectivity index (χ4v) is 2.20. The summed E-state index contributed by atoms with van der Waals surface area (Å²) in [7, 11) is 0. The minimum absolute atomic E-state index is 0.486. The van der Waals surface area contributed by atoms with Crippen molar-refractivity contribution in [1.82, 2.24) is 0 Å². The van der Waals surface area contributed by atoms with Gasteiger partial charge >= 0.3 is 0 Å². The Morgan fingerprint density at radius 2 is 1.05 bits per heavy atom. The highest BCUT2D eigenvalue weighted by molar-refractivity contribution is 6.50. The summed E-state index contributed by atoms with van der Waals surface area (Å²) in [4.78, 5) is 0. The maximum atomic E-state index is 13.6. The molecule has 0 amide bonds. The van der Waals surface area contributed by atoms with Gasteiger partial charge in [0.2, 0.25) is 0 Å². The molecule has 0 bridgehead atoms. The van der Waals surface area contributed by atoms with Crippen LogP contribution in [0.25, 0.3) is 0 Å². The summed E-state index contributed by atoms with van der Waals surface area (Å²) in [6.45, 7) is 0. The molecule has 0 radical (unpaired) electrons. The molecule has 0 atom stereocenters. The van der Waals surface area contributed by atoms with Crippen molar-refractivity contribution in [3.05, 3.63) is 70.8 Å². The number of rotatable bonds is 2. The molecule has 0 saturated carbocycles. The SMILES string of the molecule is Fc1ccc(F)c(C(Cl)(Cl)c2cc(F)ccc2F)c1. The zero-order valence-corrected chi connectivity index (χ0v) is 10.7. The maximum absolute atomic E-state index is 13.6. The van der Waals surface area contributed by atoms with E-state index < -0.39 is 38.7 Å². The first kappa shape index (κ1) is 14.2. The average Bonchev–Trinajstić information content (AvgIpc) is 2.35. The van der Waals surface area contributed by atoms with E-state index >= 15 is 0 Å². The van der Waals surface area contributed by atoms with Gasteiger partial charge in [-0.05, 0) is 36.4 Å². The average molecular weight is 309 g/mol. The Morgan fingerprint density at radius 3 is 1.42 bits per heavy atom. The number of hydrogen-bond acceptors (Lipinski definition) is 0. The van der Waals surface area contributed by atoms with Gasteiger partial charge in [-0.2, -0.15) is 0 Å². The predicted molar refractivity (Wildman–Crippen MR) is 65.2 cm³/mol. The molecule has 0 aliphatic heterocycles. The Labute approximate surface area is 116 Å². The van der Waals surface area contributed by atoms with Gasteiger partial charge in [0.25, 0.3) is 0 Å². The first-order valence-corrected chi connectivity index (χ1v) is 5.87. The Balaban J connectivity index is 2.64. The number of hydrogen-bond donors (Lipinski definition) is 0. The van der Waals surface area contributed by atoms with Crippen molar-refractivity contribution in [2.24, 2.45) is 0 Å². The van der Waals surface area contributed by atoms with Crippen molar-refractivity contribution in [2.45, 2.75) is 4.33 Å². The summed E-state index contributed by atoms with van der Waals surface area (Å²) in [5.74, 6) is -3.43. The molecule has 0 nitrogen and oxygen atoms in total. The third-order valence-corrected chi connectivity index (χ3v) is 3.35. The molecule has 0 fully saturated rings. The van der Waals surface area contributed by atoms with Crippen LogP contribution in [0.4, 0.5) is 17.6 Å². The summed E-state index contributed by atoms with van der Waals surface area (Å²) >= 11 is 11.8. The van der Waals surface area contributed by atoms with Gasteiger partial charge in [-0.15, -0.1) is 0 Å². The van der Waals surface area contributed by atoms with E-state index in [1.165, 1.54) is 0 Å². The van der Waals surface area contributed by atoms with E-state index in [1.54, 1.807) is 0 Å². The van der Waals surface area contributed by atoms with Gasteiger partial charge in [0.05, 0.1) is 0 Å². The van der Waals surface area contributed by atoms with Crippen molar-refractivity contribution >= 4 is 23.2 Å². The lowest BCUT2D eigenvalue weighted by molar-refractivity contribution is 0.565. The molecule has 0 heterocycles. The van der Waals surface area contributed by atoms with Gasteiger partial charge in [0.15, 0.2) is 4.33 Å². The van der Waals surface area contributed by atoms with Gasteiger partial charge in [-0.25, -0.2) is 17.6 Å². The zero-order valence-electron chi connectivity index (χ0n) is 9.23. The van der Waals surface area contributed by atoms with E-state index in [0.717, 1.165) is 36.4 Å². The summed E-state index contributed by atoms with van der Waals surface area (Å²) in [6, 6.07) is 4.82. The Kier molecular flexibility index (Phi) is 3.74. The van der Waals surface area contributed by atoms with Gasteiger partial charge in [0.1, 0.15) is 23.3 Å². The number of benzene rings is 2. The van der Waals surface area contributed by atoms with Crippen LogP contribution in [-0.4, -0.2) is 0 Å². The van der Waals surface area contributed by atoms with Crippen LogP contribution in [0.3, 0.4) is 0 Å². The van der Waals surface area contributed by atoms with Crippen molar-refractivity contribution in [3.8, 4) is 0 Å². The number of halogens is 6. The van der Waals surface area contributed by atoms with E-state index in [0.29, 0.717) is 0 Å². The maximum Gasteiger partial charge on any atom is 0.173 e. The van der Waals surface area contributed by atoms with E-state index in [4.69, 9.17) is 23.2 Å². The van der Waals surface area contributed by atoms with Crippen LogP contribution in [0.15, 0.2) is 36.4 Å². The van der Waals surface area contributed by atoms with Crippen LogP contribution in [0, 0.1) is 23.3 Å². The monoisotopic (exact) mass is 308 g/mol. The molecule has 100 valence electrons. The first-order chi connectivity index (χ1) is 8.82. The Morgan fingerprint density at radius 1 is 0.684 bits per heavy atom. The Bertz CT molecular complexity index is 573. The minimum atomic E-state index is -2.24. The standard InChI is InChI=1S/C13H6Cl2F4/c14-13(15,9-5-7(16)1-3-11(9)18)10-6-8(17)2-4-12(10)19/h1-6H. The van der Waals surface area contributed by atoms with Crippen LogP contribution in [0.2, 0.25) is 0 Å². The minimum Gasteiger partial charge on any atom is -0.207 e. The molecular formula is C13H6Cl2F4. The van der Waals surface area contributed by atoms with Crippen molar-refractivity contribution < 1.29 is 17.6 Å². The lowest BCUT2D eigenvalue weighted by Gasteiger charge is -2.22. The molecule has 19 heavy (non-hydrogen) atoms. The molecule has 6 heteroatoms. The summed E-state index contributed by atoms with van der Waals surface area (Å²) in [5.41, 5.74) is -0.972. The highest BCUT2D eigenvalue weighted by Gasteiger charge is 2.35. The van der Waals surface area contributed by atoms with Crippen LogP contribution < -0.4 is 0 Å².